The molecule has 0 spiro atoms. The van der Waals surface area contributed by atoms with Crippen molar-refractivity contribution in [1.29, 1.82) is 0 Å². The number of furan rings is 1. The maximum atomic E-state index is 13.1. The Morgan fingerprint density at radius 2 is 1.89 bits per heavy atom. The van der Waals surface area contributed by atoms with Crippen molar-refractivity contribution in [1.82, 2.24) is 15.1 Å². The van der Waals surface area contributed by atoms with E-state index in [0.717, 1.165) is 5.56 Å². The summed E-state index contributed by atoms with van der Waals surface area (Å²) in [5, 5.41) is 7.97. The summed E-state index contributed by atoms with van der Waals surface area (Å²) >= 11 is 1.25. The normalized spacial score (nSPS) is 12.7. The Labute approximate surface area is 163 Å². The van der Waals surface area contributed by atoms with Crippen molar-refractivity contribution in [2.45, 2.75) is 50.3 Å². The van der Waals surface area contributed by atoms with Gasteiger partial charge in [-0.05, 0) is 45.4 Å². The molecule has 0 aliphatic carbocycles. The number of benzene rings is 1. The van der Waals surface area contributed by atoms with E-state index in [9.17, 15) is 4.79 Å². The van der Waals surface area contributed by atoms with Gasteiger partial charge in [-0.25, -0.2) is 0 Å². The lowest BCUT2D eigenvalue weighted by molar-refractivity contribution is -0.135. The molecule has 1 atom stereocenters. The number of aromatic nitrogens is 2. The summed E-state index contributed by atoms with van der Waals surface area (Å²) in [5.41, 5.74) is 0.784. The van der Waals surface area contributed by atoms with Gasteiger partial charge in [0.2, 0.25) is 5.91 Å². The van der Waals surface area contributed by atoms with Gasteiger partial charge in [-0.2, -0.15) is 0 Å². The van der Waals surface area contributed by atoms with Crippen molar-refractivity contribution in [2.24, 2.45) is 0 Å². The van der Waals surface area contributed by atoms with E-state index in [4.69, 9.17) is 8.83 Å². The van der Waals surface area contributed by atoms with Gasteiger partial charge in [-0.15, -0.1) is 10.2 Å². The molecule has 0 fully saturated rings. The van der Waals surface area contributed by atoms with Gasteiger partial charge >= 0.3 is 0 Å². The molecule has 7 heteroatoms. The minimum atomic E-state index is -0.363. The third kappa shape index (κ3) is 4.80. The second kappa shape index (κ2) is 8.00. The number of hydrogen-bond donors (Lipinski definition) is 0. The fourth-order valence-electron chi connectivity index (χ4n) is 2.59. The van der Waals surface area contributed by atoms with E-state index in [-0.39, 0.29) is 16.7 Å². The average Bonchev–Trinajstić information content (AvgIpc) is 3.30. The van der Waals surface area contributed by atoms with Crippen LogP contribution in [0, 0.1) is 0 Å². The van der Waals surface area contributed by atoms with Crippen molar-refractivity contribution in [3.05, 3.63) is 54.3 Å². The molecular weight excluding hydrogens is 362 g/mol. The maximum absolute atomic E-state index is 13.1. The number of carbonyl (C=O) groups excluding carboxylic acids is 1. The zero-order valence-corrected chi connectivity index (χ0v) is 16.7. The van der Waals surface area contributed by atoms with Crippen LogP contribution in [0.25, 0.3) is 11.7 Å². The van der Waals surface area contributed by atoms with Gasteiger partial charge in [-0.1, -0.05) is 42.1 Å². The van der Waals surface area contributed by atoms with E-state index in [1.807, 2.05) is 62.9 Å². The first kappa shape index (κ1) is 19.2. The van der Waals surface area contributed by atoms with Gasteiger partial charge < -0.3 is 13.7 Å². The highest BCUT2D eigenvalue weighted by atomic mass is 32.2. The monoisotopic (exact) mass is 385 g/mol. The number of amides is 1. The van der Waals surface area contributed by atoms with E-state index in [1.165, 1.54) is 11.8 Å². The Hall–Kier alpha value is -2.54. The second-order valence-electron chi connectivity index (χ2n) is 7.19. The van der Waals surface area contributed by atoms with E-state index < -0.39 is 0 Å². The van der Waals surface area contributed by atoms with E-state index in [2.05, 4.69) is 10.2 Å². The molecule has 0 aliphatic rings. The molecule has 142 valence electrons. The standard InChI is InChI=1S/C20H23N3O3S/c1-14(27-19-22-21-17(26-19)16-11-8-12-25-16)18(24)23(20(2,3)4)13-15-9-6-5-7-10-15/h5-12,14H,13H2,1-4H3/t14-/m0/s1. The zero-order chi connectivity index (χ0) is 19.4. The summed E-state index contributed by atoms with van der Waals surface area (Å²) in [6.07, 6.45) is 1.54. The van der Waals surface area contributed by atoms with Gasteiger partial charge in [0, 0.05) is 12.1 Å². The molecule has 1 amide bonds. The highest BCUT2D eigenvalue weighted by Gasteiger charge is 2.31. The van der Waals surface area contributed by atoms with Gasteiger partial charge in [0.05, 0.1) is 11.5 Å². The molecule has 2 aromatic heterocycles. The Bertz CT molecular complexity index is 870. The van der Waals surface area contributed by atoms with Gasteiger partial charge in [0.25, 0.3) is 11.1 Å². The number of thioether (sulfide) groups is 1. The van der Waals surface area contributed by atoms with Gasteiger partial charge in [-0.3, -0.25) is 4.79 Å². The first-order chi connectivity index (χ1) is 12.8. The molecule has 2 heterocycles. The summed E-state index contributed by atoms with van der Waals surface area (Å²) in [7, 11) is 0. The second-order valence-corrected chi connectivity index (χ2v) is 8.48. The Morgan fingerprint density at radius 3 is 2.52 bits per heavy atom. The van der Waals surface area contributed by atoms with Gasteiger partial charge in [0.15, 0.2) is 5.76 Å². The molecule has 3 aromatic rings. The number of nitrogens with zero attached hydrogens (tertiary/aromatic N) is 3. The van der Waals surface area contributed by atoms with Crippen LogP contribution in [0.4, 0.5) is 0 Å². The molecular formula is C20H23N3O3S. The molecule has 6 nitrogen and oxygen atoms in total. The summed E-state index contributed by atoms with van der Waals surface area (Å²) < 4.78 is 10.9. The first-order valence-corrected chi connectivity index (χ1v) is 9.62. The summed E-state index contributed by atoms with van der Waals surface area (Å²) in [6.45, 7) is 8.51. The zero-order valence-electron chi connectivity index (χ0n) is 15.9. The average molecular weight is 385 g/mol. The molecule has 27 heavy (non-hydrogen) atoms. The van der Waals surface area contributed by atoms with Crippen LogP contribution in [0.5, 0.6) is 0 Å². The third-order valence-electron chi connectivity index (χ3n) is 4.02. The summed E-state index contributed by atoms with van der Waals surface area (Å²) in [6, 6.07) is 13.5. The van der Waals surface area contributed by atoms with Crippen molar-refractivity contribution in [3.63, 3.8) is 0 Å². The lowest BCUT2D eigenvalue weighted by Gasteiger charge is -2.37. The Balaban J connectivity index is 1.71. The molecule has 3 rings (SSSR count). The van der Waals surface area contributed by atoms with Crippen LogP contribution in [-0.2, 0) is 11.3 Å². The lowest BCUT2D eigenvalue weighted by atomic mass is 10.0. The van der Waals surface area contributed by atoms with Crippen LogP contribution in [0.1, 0.15) is 33.3 Å². The minimum absolute atomic E-state index is 0.0223. The van der Waals surface area contributed by atoms with Crippen LogP contribution in [0.15, 0.2) is 62.8 Å². The predicted molar refractivity (Wildman–Crippen MR) is 104 cm³/mol. The van der Waals surface area contributed by atoms with E-state index >= 15 is 0 Å². The minimum Gasteiger partial charge on any atom is -0.459 e. The van der Waals surface area contributed by atoms with E-state index in [0.29, 0.717) is 23.4 Å². The van der Waals surface area contributed by atoms with Crippen molar-refractivity contribution in [2.75, 3.05) is 0 Å². The molecule has 0 unspecified atom stereocenters. The van der Waals surface area contributed by atoms with Crippen molar-refractivity contribution in [3.8, 4) is 11.7 Å². The number of rotatable bonds is 6. The van der Waals surface area contributed by atoms with Crippen LogP contribution >= 0.6 is 11.8 Å². The quantitative estimate of drug-likeness (QED) is 0.576. The highest BCUT2D eigenvalue weighted by Crippen LogP contribution is 2.29. The Kier molecular flexibility index (Phi) is 5.70. The highest BCUT2D eigenvalue weighted by molar-refractivity contribution is 8.00. The first-order valence-electron chi connectivity index (χ1n) is 8.74. The fraction of sp³-hybridized carbons (Fsp3) is 0.350. The van der Waals surface area contributed by atoms with Crippen LogP contribution in [0.3, 0.4) is 0 Å². The molecule has 0 N–H and O–H groups in total. The SMILES string of the molecule is C[C@H](Sc1nnc(-c2ccco2)o1)C(=O)N(Cc1ccccc1)C(C)(C)C. The van der Waals surface area contributed by atoms with Gasteiger partial charge in [0.1, 0.15) is 0 Å². The molecule has 0 radical (unpaired) electrons. The molecule has 0 saturated heterocycles. The molecule has 0 saturated carbocycles. The molecule has 0 aliphatic heterocycles. The summed E-state index contributed by atoms with van der Waals surface area (Å²) in [5.74, 6) is 0.835. The van der Waals surface area contributed by atoms with Crippen LogP contribution in [0.2, 0.25) is 0 Å². The Morgan fingerprint density at radius 1 is 1.15 bits per heavy atom. The van der Waals surface area contributed by atoms with E-state index in [1.54, 1.807) is 18.4 Å². The molecule has 0 bridgehead atoms. The summed E-state index contributed by atoms with van der Waals surface area (Å²) in [4.78, 5) is 15.0. The lowest BCUT2D eigenvalue weighted by Crippen LogP contribution is -2.48. The smallest absolute Gasteiger partial charge is 0.284 e. The topological polar surface area (TPSA) is 72.4 Å². The predicted octanol–water partition coefficient (Wildman–Crippen LogP) is 4.64. The van der Waals surface area contributed by atoms with Crippen LogP contribution < -0.4 is 0 Å². The largest absolute Gasteiger partial charge is 0.459 e. The van der Waals surface area contributed by atoms with Crippen LogP contribution in [-0.4, -0.2) is 31.8 Å². The molecule has 1 aromatic carbocycles. The van der Waals surface area contributed by atoms with Crippen molar-refractivity contribution < 1.29 is 13.6 Å². The van der Waals surface area contributed by atoms with Crippen molar-refractivity contribution >= 4 is 17.7 Å². The third-order valence-corrected chi connectivity index (χ3v) is 4.94. The number of carbonyl (C=O) groups is 1. The number of hydrogen-bond acceptors (Lipinski definition) is 6. The fourth-order valence-corrected chi connectivity index (χ4v) is 3.34. The maximum Gasteiger partial charge on any atom is 0.284 e.